The Kier molecular flexibility index (Phi) is 2.87. The highest BCUT2D eigenvalue weighted by Crippen LogP contribution is 2.28. The van der Waals surface area contributed by atoms with Gasteiger partial charge in [-0.1, -0.05) is 6.07 Å². The summed E-state index contributed by atoms with van der Waals surface area (Å²) in [6.07, 6.45) is 3.25. The van der Waals surface area contributed by atoms with Gasteiger partial charge in [0.15, 0.2) is 5.82 Å². The van der Waals surface area contributed by atoms with Crippen molar-refractivity contribution in [1.82, 2.24) is 25.1 Å². The smallest absolute Gasteiger partial charge is 0.224 e. The summed E-state index contributed by atoms with van der Waals surface area (Å²) < 4.78 is 13.7. The molecule has 0 spiro atoms. The SMILES string of the molecule is Fc1cccc2c(Nc3nc(Cl)nc4ccncc34)n[nH]c12. The van der Waals surface area contributed by atoms with E-state index in [1.54, 1.807) is 30.6 Å². The van der Waals surface area contributed by atoms with Gasteiger partial charge in [0.1, 0.15) is 17.2 Å². The maximum Gasteiger partial charge on any atom is 0.224 e. The van der Waals surface area contributed by atoms with Gasteiger partial charge in [-0.25, -0.2) is 9.37 Å². The summed E-state index contributed by atoms with van der Waals surface area (Å²) in [5.74, 6) is 0.542. The van der Waals surface area contributed by atoms with E-state index >= 15 is 0 Å². The zero-order valence-corrected chi connectivity index (χ0v) is 11.8. The Morgan fingerprint density at radius 3 is 2.91 bits per heavy atom. The standard InChI is InChI=1S/C14H8ClFN6/c15-14-18-10-4-5-17-6-8(10)12(20-14)19-13-7-2-1-3-9(16)11(7)21-22-13/h1-6H,(H2,18,19,20,21,22). The number of anilines is 2. The van der Waals surface area contributed by atoms with Crippen molar-refractivity contribution in [2.45, 2.75) is 0 Å². The lowest BCUT2D eigenvalue weighted by atomic mass is 10.2. The van der Waals surface area contributed by atoms with E-state index in [0.29, 0.717) is 33.4 Å². The summed E-state index contributed by atoms with van der Waals surface area (Å²) >= 11 is 5.94. The number of hydrogen-bond donors (Lipinski definition) is 2. The van der Waals surface area contributed by atoms with Crippen LogP contribution in [0.3, 0.4) is 0 Å². The lowest BCUT2D eigenvalue weighted by Crippen LogP contribution is -1.98. The molecule has 4 rings (SSSR count). The third-order valence-corrected chi connectivity index (χ3v) is 3.42. The van der Waals surface area contributed by atoms with E-state index in [9.17, 15) is 4.39 Å². The Bertz CT molecular complexity index is 999. The monoisotopic (exact) mass is 314 g/mol. The molecule has 8 heteroatoms. The van der Waals surface area contributed by atoms with Gasteiger partial charge in [0, 0.05) is 17.8 Å². The van der Waals surface area contributed by atoms with Gasteiger partial charge in [-0.2, -0.15) is 10.1 Å². The van der Waals surface area contributed by atoms with Crippen LogP contribution in [0.25, 0.3) is 21.8 Å². The summed E-state index contributed by atoms with van der Waals surface area (Å²) in [6.45, 7) is 0. The van der Waals surface area contributed by atoms with Gasteiger partial charge in [-0.05, 0) is 29.8 Å². The van der Waals surface area contributed by atoms with Crippen LogP contribution in [0.15, 0.2) is 36.7 Å². The van der Waals surface area contributed by atoms with Gasteiger partial charge >= 0.3 is 0 Å². The molecule has 108 valence electrons. The fourth-order valence-electron chi connectivity index (χ4n) is 2.25. The molecule has 2 N–H and O–H groups in total. The molecule has 0 bridgehead atoms. The third-order valence-electron chi connectivity index (χ3n) is 3.25. The first kappa shape index (κ1) is 12.9. The molecule has 0 aliphatic carbocycles. The summed E-state index contributed by atoms with van der Waals surface area (Å²) in [6, 6.07) is 6.47. The van der Waals surface area contributed by atoms with Crippen molar-refractivity contribution in [3.8, 4) is 0 Å². The number of nitrogens with one attached hydrogen (secondary N) is 2. The average Bonchev–Trinajstić information content (AvgIpc) is 2.92. The molecule has 22 heavy (non-hydrogen) atoms. The van der Waals surface area contributed by atoms with E-state index in [0.717, 1.165) is 0 Å². The van der Waals surface area contributed by atoms with Crippen LogP contribution in [0.2, 0.25) is 5.28 Å². The molecule has 1 aromatic carbocycles. The third kappa shape index (κ3) is 2.03. The molecule has 0 amide bonds. The number of para-hydroxylation sites is 1. The molecular weight excluding hydrogens is 307 g/mol. The van der Waals surface area contributed by atoms with Crippen LogP contribution < -0.4 is 5.32 Å². The van der Waals surface area contributed by atoms with Crippen LogP contribution in [0.5, 0.6) is 0 Å². The van der Waals surface area contributed by atoms with Gasteiger partial charge in [0.2, 0.25) is 5.28 Å². The molecule has 0 unspecified atom stereocenters. The van der Waals surface area contributed by atoms with Crippen molar-refractivity contribution in [3.63, 3.8) is 0 Å². The second kappa shape index (κ2) is 4.88. The Morgan fingerprint density at radius 2 is 2.00 bits per heavy atom. The largest absolute Gasteiger partial charge is 0.322 e. The summed E-state index contributed by atoms with van der Waals surface area (Å²) in [4.78, 5) is 12.3. The quantitative estimate of drug-likeness (QED) is 0.554. The topological polar surface area (TPSA) is 79.4 Å². The number of aromatic nitrogens is 5. The highest BCUT2D eigenvalue weighted by atomic mass is 35.5. The van der Waals surface area contributed by atoms with E-state index < -0.39 is 0 Å². The molecular formula is C14H8ClFN6. The molecule has 3 heterocycles. The fourth-order valence-corrected chi connectivity index (χ4v) is 2.43. The Morgan fingerprint density at radius 1 is 1.09 bits per heavy atom. The zero-order chi connectivity index (χ0) is 15.1. The number of halogens is 2. The average molecular weight is 315 g/mol. The summed E-state index contributed by atoms with van der Waals surface area (Å²) in [5.41, 5.74) is 0.983. The van der Waals surface area contributed by atoms with Crippen LogP contribution in [0, 0.1) is 5.82 Å². The fraction of sp³-hybridized carbons (Fsp3) is 0. The van der Waals surface area contributed by atoms with Gasteiger partial charge in [-0.15, -0.1) is 0 Å². The molecule has 6 nitrogen and oxygen atoms in total. The molecule has 0 saturated heterocycles. The molecule has 0 radical (unpaired) electrons. The van der Waals surface area contributed by atoms with Crippen molar-refractivity contribution < 1.29 is 4.39 Å². The van der Waals surface area contributed by atoms with Gasteiger partial charge in [0.05, 0.1) is 10.9 Å². The first-order valence-electron chi connectivity index (χ1n) is 6.39. The molecule has 0 fully saturated rings. The van der Waals surface area contributed by atoms with E-state index in [1.165, 1.54) is 6.07 Å². The number of pyridine rings is 1. The molecule has 4 aromatic rings. The lowest BCUT2D eigenvalue weighted by molar-refractivity contribution is 0.636. The number of rotatable bonds is 2. The van der Waals surface area contributed by atoms with Crippen molar-refractivity contribution >= 4 is 45.0 Å². The van der Waals surface area contributed by atoms with Crippen LogP contribution in [0.4, 0.5) is 16.0 Å². The Labute approximate surface area is 128 Å². The molecule has 0 aliphatic heterocycles. The van der Waals surface area contributed by atoms with Crippen LogP contribution >= 0.6 is 11.6 Å². The number of hydrogen-bond acceptors (Lipinski definition) is 5. The number of H-pyrrole nitrogens is 1. The Hall–Kier alpha value is -2.80. The van der Waals surface area contributed by atoms with E-state index in [1.807, 2.05) is 0 Å². The first-order chi connectivity index (χ1) is 10.7. The zero-order valence-electron chi connectivity index (χ0n) is 11.0. The highest BCUT2D eigenvalue weighted by Gasteiger charge is 2.12. The Balaban J connectivity index is 1.88. The molecule has 0 atom stereocenters. The van der Waals surface area contributed by atoms with E-state index in [2.05, 4.69) is 30.5 Å². The minimum Gasteiger partial charge on any atom is -0.322 e. The van der Waals surface area contributed by atoms with Gasteiger partial charge in [0.25, 0.3) is 0 Å². The maximum atomic E-state index is 13.7. The summed E-state index contributed by atoms with van der Waals surface area (Å²) in [5, 5.41) is 11.2. The van der Waals surface area contributed by atoms with Crippen molar-refractivity contribution in [2.24, 2.45) is 0 Å². The second-order valence-corrected chi connectivity index (χ2v) is 4.93. The highest BCUT2D eigenvalue weighted by molar-refractivity contribution is 6.28. The van der Waals surface area contributed by atoms with Crippen molar-refractivity contribution in [1.29, 1.82) is 0 Å². The van der Waals surface area contributed by atoms with Crippen molar-refractivity contribution in [2.75, 3.05) is 5.32 Å². The number of benzene rings is 1. The lowest BCUT2D eigenvalue weighted by Gasteiger charge is -2.06. The number of nitrogens with zero attached hydrogens (tertiary/aromatic N) is 4. The van der Waals surface area contributed by atoms with E-state index in [-0.39, 0.29) is 11.1 Å². The number of fused-ring (bicyclic) bond motifs is 2. The van der Waals surface area contributed by atoms with Crippen molar-refractivity contribution in [3.05, 3.63) is 47.8 Å². The minimum absolute atomic E-state index is 0.104. The van der Waals surface area contributed by atoms with Crippen LogP contribution in [-0.2, 0) is 0 Å². The first-order valence-corrected chi connectivity index (χ1v) is 6.77. The molecule has 3 aromatic heterocycles. The van der Waals surface area contributed by atoms with Crippen LogP contribution in [-0.4, -0.2) is 25.1 Å². The van der Waals surface area contributed by atoms with Gasteiger partial charge in [-0.3, -0.25) is 10.1 Å². The van der Waals surface area contributed by atoms with Crippen LogP contribution in [0.1, 0.15) is 0 Å². The predicted octanol–water partition coefficient (Wildman–Crippen LogP) is 3.44. The predicted molar refractivity (Wildman–Crippen MR) is 81.7 cm³/mol. The van der Waals surface area contributed by atoms with Gasteiger partial charge < -0.3 is 5.32 Å². The maximum absolute atomic E-state index is 13.7. The molecule has 0 saturated carbocycles. The second-order valence-electron chi connectivity index (χ2n) is 4.59. The summed E-state index contributed by atoms with van der Waals surface area (Å²) in [7, 11) is 0. The molecule has 0 aliphatic rings. The minimum atomic E-state index is -0.370. The van der Waals surface area contributed by atoms with E-state index in [4.69, 9.17) is 11.6 Å². The normalized spacial score (nSPS) is 11.2. The number of aromatic amines is 1.